The Hall–Kier alpha value is -0.290. The number of alkyl halides is 3. The van der Waals surface area contributed by atoms with Crippen LogP contribution >= 0.6 is 9.24 Å². The van der Waals surface area contributed by atoms with Gasteiger partial charge in [-0.25, -0.2) is 0 Å². The van der Waals surface area contributed by atoms with Crippen LogP contribution < -0.4 is 0 Å². The molecule has 13 heavy (non-hydrogen) atoms. The molecule has 0 N–H and O–H groups in total. The van der Waals surface area contributed by atoms with E-state index in [9.17, 15) is 13.2 Å². The zero-order valence-electron chi connectivity index (χ0n) is 7.01. The summed E-state index contributed by atoms with van der Waals surface area (Å²) in [6.07, 6.45) is -3.06. The standard InChI is InChI=1S/C8H11F3NP/c9-8(10,11)7-3-6(13)2-1-5(7)4-12/h5-7H,1-3,13H2. The Bertz CT molecular complexity index is 220. The maximum atomic E-state index is 12.4. The second-order valence-corrected chi connectivity index (χ2v) is 4.40. The molecule has 0 aromatic heterocycles. The van der Waals surface area contributed by atoms with Gasteiger partial charge in [-0.2, -0.15) is 18.4 Å². The maximum Gasteiger partial charge on any atom is 0.393 e. The zero-order valence-corrected chi connectivity index (χ0v) is 8.17. The molecule has 0 bridgehead atoms. The molecule has 0 amide bonds. The lowest BCUT2D eigenvalue weighted by Crippen LogP contribution is -2.35. The molecule has 4 unspecified atom stereocenters. The molecule has 0 aliphatic heterocycles. The van der Waals surface area contributed by atoms with Crippen molar-refractivity contribution in [2.24, 2.45) is 11.8 Å². The number of hydrogen-bond donors (Lipinski definition) is 0. The third-order valence-electron chi connectivity index (χ3n) is 2.48. The molecule has 1 saturated carbocycles. The van der Waals surface area contributed by atoms with E-state index in [1.54, 1.807) is 6.07 Å². The van der Waals surface area contributed by atoms with Crippen molar-refractivity contribution in [3.63, 3.8) is 0 Å². The smallest absolute Gasteiger partial charge is 0.198 e. The Morgan fingerprint density at radius 1 is 1.31 bits per heavy atom. The van der Waals surface area contributed by atoms with Gasteiger partial charge in [0.05, 0.1) is 17.9 Å². The van der Waals surface area contributed by atoms with Crippen LogP contribution in [0.5, 0.6) is 0 Å². The summed E-state index contributed by atoms with van der Waals surface area (Å²) in [5.41, 5.74) is 0.0104. The lowest BCUT2D eigenvalue weighted by molar-refractivity contribution is -0.189. The van der Waals surface area contributed by atoms with Crippen molar-refractivity contribution in [1.29, 1.82) is 5.26 Å². The molecule has 0 aromatic carbocycles. The van der Waals surface area contributed by atoms with Gasteiger partial charge < -0.3 is 0 Å². The van der Waals surface area contributed by atoms with E-state index >= 15 is 0 Å². The highest BCUT2D eigenvalue weighted by Gasteiger charge is 2.47. The van der Waals surface area contributed by atoms with Crippen molar-refractivity contribution in [1.82, 2.24) is 0 Å². The summed E-state index contributed by atoms with van der Waals surface area (Å²) in [5, 5.41) is 8.55. The molecule has 0 spiro atoms. The summed E-state index contributed by atoms with van der Waals surface area (Å²) in [4.78, 5) is 0. The van der Waals surface area contributed by atoms with Crippen LogP contribution in [-0.4, -0.2) is 11.8 Å². The topological polar surface area (TPSA) is 23.8 Å². The van der Waals surface area contributed by atoms with E-state index < -0.39 is 18.0 Å². The van der Waals surface area contributed by atoms with Crippen molar-refractivity contribution >= 4 is 9.24 Å². The van der Waals surface area contributed by atoms with Gasteiger partial charge in [0.25, 0.3) is 0 Å². The van der Waals surface area contributed by atoms with E-state index in [0.29, 0.717) is 12.8 Å². The van der Waals surface area contributed by atoms with Crippen LogP contribution in [0.4, 0.5) is 13.2 Å². The van der Waals surface area contributed by atoms with Crippen molar-refractivity contribution in [3.8, 4) is 6.07 Å². The first-order valence-electron chi connectivity index (χ1n) is 4.17. The lowest BCUT2D eigenvalue weighted by Gasteiger charge is -2.32. The molecular weight excluding hydrogens is 198 g/mol. The molecule has 0 heterocycles. The van der Waals surface area contributed by atoms with E-state index in [-0.39, 0.29) is 12.1 Å². The van der Waals surface area contributed by atoms with Gasteiger partial charge in [0.2, 0.25) is 0 Å². The molecular formula is C8H11F3NP. The summed E-state index contributed by atoms with van der Waals surface area (Å²) in [6.45, 7) is 0. The summed E-state index contributed by atoms with van der Waals surface area (Å²) in [7, 11) is 2.41. The Labute approximate surface area is 77.5 Å². The van der Waals surface area contributed by atoms with E-state index in [2.05, 4.69) is 9.24 Å². The second-order valence-electron chi connectivity index (χ2n) is 3.46. The van der Waals surface area contributed by atoms with Crippen LogP contribution in [0.15, 0.2) is 0 Å². The Kier molecular flexibility index (Phi) is 3.18. The van der Waals surface area contributed by atoms with Crippen molar-refractivity contribution in [2.45, 2.75) is 31.1 Å². The van der Waals surface area contributed by atoms with Gasteiger partial charge in [-0.1, -0.05) is 0 Å². The molecule has 1 aliphatic rings. The van der Waals surface area contributed by atoms with Gasteiger partial charge in [0.1, 0.15) is 0 Å². The van der Waals surface area contributed by atoms with Crippen LogP contribution in [0, 0.1) is 23.2 Å². The van der Waals surface area contributed by atoms with E-state index in [4.69, 9.17) is 5.26 Å². The maximum absolute atomic E-state index is 12.4. The average Bonchev–Trinajstić information content (AvgIpc) is 2.03. The Balaban J connectivity index is 2.73. The summed E-state index contributed by atoms with van der Waals surface area (Å²) in [6, 6.07) is 1.75. The lowest BCUT2D eigenvalue weighted by atomic mass is 9.79. The zero-order chi connectivity index (χ0) is 10.1. The molecule has 0 aromatic rings. The number of nitrogens with zero attached hydrogens (tertiary/aromatic N) is 1. The predicted molar refractivity (Wildman–Crippen MR) is 46.0 cm³/mol. The molecule has 1 aliphatic carbocycles. The number of rotatable bonds is 0. The van der Waals surface area contributed by atoms with E-state index in [1.807, 2.05) is 0 Å². The van der Waals surface area contributed by atoms with Crippen molar-refractivity contribution in [2.75, 3.05) is 0 Å². The van der Waals surface area contributed by atoms with Gasteiger partial charge in [-0.05, 0) is 24.9 Å². The van der Waals surface area contributed by atoms with E-state index in [1.165, 1.54) is 0 Å². The molecule has 4 atom stereocenters. The first-order chi connectivity index (χ1) is 5.95. The summed E-state index contributed by atoms with van der Waals surface area (Å²) < 4.78 is 37.2. The van der Waals surface area contributed by atoms with Crippen LogP contribution in [0.25, 0.3) is 0 Å². The first-order valence-corrected chi connectivity index (χ1v) is 4.83. The first kappa shape index (κ1) is 10.8. The fourth-order valence-electron chi connectivity index (χ4n) is 1.72. The minimum atomic E-state index is -4.21. The molecule has 1 nitrogen and oxygen atoms in total. The van der Waals surface area contributed by atoms with Crippen LogP contribution in [-0.2, 0) is 0 Å². The quantitative estimate of drug-likeness (QED) is 0.563. The van der Waals surface area contributed by atoms with Gasteiger partial charge in [0.15, 0.2) is 0 Å². The number of hydrogen-bond acceptors (Lipinski definition) is 1. The number of nitriles is 1. The molecule has 1 rings (SSSR count). The largest absolute Gasteiger partial charge is 0.393 e. The summed E-state index contributed by atoms with van der Waals surface area (Å²) >= 11 is 0. The fourth-order valence-corrected chi connectivity index (χ4v) is 2.21. The minimum Gasteiger partial charge on any atom is -0.198 e. The monoisotopic (exact) mass is 209 g/mol. The second kappa shape index (κ2) is 3.84. The molecule has 0 radical (unpaired) electrons. The highest BCUT2D eigenvalue weighted by atomic mass is 31.0. The van der Waals surface area contributed by atoms with Crippen LogP contribution in [0.2, 0.25) is 0 Å². The minimum absolute atomic E-state index is 0.0104. The summed E-state index contributed by atoms with van der Waals surface area (Å²) in [5.74, 6) is -2.26. The van der Waals surface area contributed by atoms with Crippen molar-refractivity contribution in [3.05, 3.63) is 0 Å². The van der Waals surface area contributed by atoms with Crippen LogP contribution in [0.1, 0.15) is 19.3 Å². The Morgan fingerprint density at radius 3 is 2.38 bits per heavy atom. The third kappa shape index (κ3) is 2.57. The highest BCUT2D eigenvalue weighted by Crippen LogP contribution is 2.43. The molecule has 5 heteroatoms. The molecule has 1 fully saturated rings. The third-order valence-corrected chi connectivity index (χ3v) is 3.08. The fraction of sp³-hybridized carbons (Fsp3) is 0.875. The van der Waals surface area contributed by atoms with E-state index in [0.717, 1.165) is 0 Å². The van der Waals surface area contributed by atoms with Crippen LogP contribution in [0.3, 0.4) is 0 Å². The molecule has 0 saturated heterocycles. The SMILES string of the molecule is N#CC1CCC(P)CC1C(F)(F)F. The molecule has 74 valence electrons. The van der Waals surface area contributed by atoms with Gasteiger partial charge in [0, 0.05) is 0 Å². The normalized spacial score (nSPS) is 35.5. The highest BCUT2D eigenvalue weighted by molar-refractivity contribution is 7.17. The Morgan fingerprint density at radius 2 is 1.92 bits per heavy atom. The van der Waals surface area contributed by atoms with Gasteiger partial charge >= 0.3 is 6.18 Å². The number of halogens is 3. The predicted octanol–water partition coefficient (Wildman–Crippen LogP) is 2.73. The average molecular weight is 209 g/mol. The van der Waals surface area contributed by atoms with Gasteiger partial charge in [-0.3, -0.25) is 0 Å². The van der Waals surface area contributed by atoms with Crippen molar-refractivity contribution < 1.29 is 13.2 Å². The van der Waals surface area contributed by atoms with Gasteiger partial charge in [-0.15, -0.1) is 9.24 Å².